The normalized spacial score (nSPS) is 10.5. The predicted molar refractivity (Wildman–Crippen MR) is 426 cm³/mol. The fourth-order valence-corrected chi connectivity index (χ4v) is 13.2. The molecule has 0 fully saturated rings. The number of hydrogen-bond donors (Lipinski definition) is 0. The summed E-state index contributed by atoms with van der Waals surface area (Å²) in [7, 11) is 10.5. The van der Waals surface area contributed by atoms with Gasteiger partial charge in [-0.05, 0) is 174 Å². The van der Waals surface area contributed by atoms with E-state index in [1.54, 1.807) is 0 Å². The molecule has 5 aromatic heterocycles. The summed E-state index contributed by atoms with van der Waals surface area (Å²) in [6.45, 7) is 15.2. The Labute approximate surface area is 606 Å². The lowest BCUT2D eigenvalue weighted by Gasteiger charge is -2.09. The minimum absolute atomic E-state index is 1.24. The van der Waals surface area contributed by atoms with Crippen LogP contribution in [0.25, 0.3) is 112 Å². The van der Waals surface area contributed by atoms with Gasteiger partial charge in [0.1, 0.15) is 35.2 Å². The average molecular weight is 1330 g/mol. The van der Waals surface area contributed by atoms with Gasteiger partial charge in [-0.15, -0.1) is 0 Å². The highest BCUT2D eigenvalue weighted by molar-refractivity contribution is 5.76. The van der Waals surface area contributed by atoms with Crippen molar-refractivity contribution in [2.24, 2.45) is 35.2 Å². The number of aryl methyl sites for hydroxylation is 12. The first-order valence-corrected chi connectivity index (χ1v) is 35.2. The summed E-state index contributed by atoms with van der Waals surface area (Å²) in [5.41, 5.74) is 34.4. The minimum Gasteiger partial charge on any atom is -0.201 e. The smallest absolute Gasteiger partial charge is 0.201 e. The highest BCUT2D eigenvalue weighted by atomic mass is 14.9. The molecule has 10 aromatic carbocycles. The van der Waals surface area contributed by atoms with Crippen molar-refractivity contribution in [3.63, 3.8) is 0 Å². The monoisotopic (exact) mass is 1330 g/mol. The van der Waals surface area contributed by atoms with E-state index in [1.165, 1.54) is 151 Å². The van der Waals surface area contributed by atoms with Crippen molar-refractivity contribution in [3.05, 3.63) is 391 Å². The van der Waals surface area contributed by atoms with Crippen LogP contribution in [0.3, 0.4) is 0 Å². The van der Waals surface area contributed by atoms with Crippen molar-refractivity contribution in [2.75, 3.05) is 0 Å². The fourth-order valence-electron chi connectivity index (χ4n) is 13.2. The molecule has 0 saturated heterocycles. The van der Waals surface area contributed by atoms with Gasteiger partial charge in [0.15, 0.2) is 31.0 Å². The van der Waals surface area contributed by atoms with Gasteiger partial charge in [0.2, 0.25) is 28.5 Å². The first-order valence-electron chi connectivity index (χ1n) is 35.2. The van der Waals surface area contributed by atoms with E-state index in [2.05, 4.69) is 459 Å². The van der Waals surface area contributed by atoms with Crippen LogP contribution in [0.2, 0.25) is 0 Å². The van der Waals surface area contributed by atoms with Crippen LogP contribution in [-0.2, 0) is 35.2 Å². The molecule has 502 valence electrons. The molecule has 0 unspecified atom stereocenters. The zero-order valence-corrected chi connectivity index (χ0v) is 61.2. The molecule has 0 saturated carbocycles. The maximum atomic E-state index is 2.28. The molecule has 15 rings (SSSR count). The summed E-state index contributed by atoms with van der Waals surface area (Å²) in [6.07, 6.45) is 10.8. The Morgan fingerprint density at radius 1 is 0.157 bits per heavy atom. The van der Waals surface area contributed by atoms with Crippen LogP contribution in [0.4, 0.5) is 0 Å². The second kappa shape index (κ2) is 34.1. The summed E-state index contributed by atoms with van der Waals surface area (Å²) < 4.78 is 10.9. The highest BCUT2D eigenvalue weighted by Crippen LogP contribution is 2.32. The Morgan fingerprint density at radius 2 is 0.451 bits per heavy atom. The molecule has 5 heteroatoms. The maximum absolute atomic E-state index is 2.28. The van der Waals surface area contributed by atoms with E-state index in [4.69, 9.17) is 0 Å². The summed E-state index contributed by atoms with van der Waals surface area (Å²) in [4.78, 5) is 0. The molecule has 102 heavy (non-hydrogen) atoms. The number of pyridine rings is 5. The molecule has 0 bridgehead atoms. The maximum Gasteiger partial charge on any atom is 0.213 e. The van der Waals surface area contributed by atoms with E-state index in [-0.39, 0.29) is 0 Å². The topological polar surface area (TPSA) is 19.4 Å². The van der Waals surface area contributed by atoms with E-state index in [1.807, 2.05) is 0 Å². The van der Waals surface area contributed by atoms with Gasteiger partial charge in [-0.25, -0.2) is 22.8 Å². The molecule has 0 aliphatic heterocycles. The van der Waals surface area contributed by atoms with Gasteiger partial charge in [0.25, 0.3) is 0 Å². The molecule has 0 N–H and O–H groups in total. The first kappa shape index (κ1) is 71.2. The summed E-state index contributed by atoms with van der Waals surface area (Å²) in [5, 5.41) is 0. The van der Waals surface area contributed by atoms with Crippen molar-refractivity contribution in [3.8, 4) is 112 Å². The summed E-state index contributed by atoms with van der Waals surface area (Å²) in [6, 6.07) is 113. The second-order valence-electron chi connectivity index (χ2n) is 26.4. The van der Waals surface area contributed by atoms with Gasteiger partial charge in [-0.1, -0.05) is 231 Å². The Hall–Kier alpha value is -12.1. The molecule has 0 radical (unpaired) electrons. The van der Waals surface area contributed by atoms with Crippen LogP contribution in [0, 0.1) is 48.5 Å². The standard InChI is InChI=1S/2C20H20N.3C19H18N/c2*1-15-9-7-8-12-18(15)20-13-16(2)19(14-21(20)3)17-10-5-4-6-11-17;1-15-8-6-7-11-18(15)19-14-17(12-13-20(19)2)16-9-4-3-5-10-16;1-15-14-17(16-8-4-3-5-9-16)11-12-18(15)19-10-6-7-13-20(19)2;1-15-11-12-17(16-8-4-3-5-9-16)14-18(15)19-10-6-7-13-20(19)2/h2*4-14H,1-3H3;3*3-14H,1-2H3/q5*+1. The van der Waals surface area contributed by atoms with Gasteiger partial charge in [-0.3, -0.25) is 0 Å². The Kier molecular flexibility index (Phi) is 23.8. The van der Waals surface area contributed by atoms with Crippen molar-refractivity contribution >= 4 is 0 Å². The van der Waals surface area contributed by atoms with Crippen molar-refractivity contribution in [1.29, 1.82) is 0 Å². The lowest BCUT2D eigenvalue weighted by atomic mass is 9.97. The predicted octanol–water partition coefficient (Wildman–Crippen LogP) is 21.4. The summed E-state index contributed by atoms with van der Waals surface area (Å²) in [5.74, 6) is 0. The highest BCUT2D eigenvalue weighted by Gasteiger charge is 2.20. The number of benzene rings is 10. The van der Waals surface area contributed by atoms with E-state index < -0.39 is 0 Å². The van der Waals surface area contributed by atoms with E-state index in [9.17, 15) is 0 Å². The van der Waals surface area contributed by atoms with Gasteiger partial charge in [0, 0.05) is 87.5 Å². The van der Waals surface area contributed by atoms with Gasteiger partial charge in [-0.2, -0.15) is 0 Å². The van der Waals surface area contributed by atoms with Crippen molar-refractivity contribution < 1.29 is 22.8 Å². The fraction of sp³-hybridized carbons (Fsp3) is 0.124. The minimum atomic E-state index is 1.24. The lowest BCUT2D eigenvalue weighted by molar-refractivity contribution is -0.660. The van der Waals surface area contributed by atoms with Gasteiger partial charge < -0.3 is 0 Å². The van der Waals surface area contributed by atoms with Crippen molar-refractivity contribution in [2.45, 2.75) is 48.5 Å². The lowest BCUT2D eigenvalue weighted by Crippen LogP contribution is -2.31. The van der Waals surface area contributed by atoms with Crippen LogP contribution in [-0.4, -0.2) is 0 Å². The molecule has 0 spiro atoms. The molecular weight excluding hydrogens is 1240 g/mol. The average Bonchev–Trinajstić information content (AvgIpc) is 0.840. The third-order valence-electron chi connectivity index (χ3n) is 19.0. The second-order valence-corrected chi connectivity index (χ2v) is 26.4. The van der Waals surface area contributed by atoms with Crippen LogP contribution in [0.5, 0.6) is 0 Å². The Balaban J connectivity index is 0.000000128. The number of rotatable bonds is 10. The Morgan fingerprint density at radius 3 is 0.843 bits per heavy atom. The molecule has 5 nitrogen and oxygen atoms in total. The number of nitrogens with zero attached hydrogens (tertiary/aromatic N) is 5. The third kappa shape index (κ3) is 17.7. The Bertz CT molecular complexity index is 5010. The van der Waals surface area contributed by atoms with Crippen LogP contribution in [0.15, 0.2) is 353 Å². The molecule has 5 heterocycles. The van der Waals surface area contributed by atoms with Crippen LogP contribution >= 0.6 is 0 Å². The van der Waals surface area contributed by atoms with Crippen molar-refractivity contribution in [1.82, 2.24) is 0 Å². The van der Waals surface area contributed by atoms with Gasteiger partial charge >= 0.3 is 0 Å². The number of aromatic nitrogens is 5. The quantitative estimate of drug-likeness (QED) is 0.122. The van der Waals surface area contributed by atoms with E-state index in [0.29, 0.717) is 0 Å². The molecule has 15 aromatic rings. The first-order chi connectivity index (χ1) is 49.6. The molecule has 0 atom stereocenters. The van der Waals surface area contributed by atoms with E-state index >= 15 is 0 Å². The van der Waals surface area contributed by atoms with E-state index in [0.717, 1.165) is 0 Å². The number of hydrogen-bond acceptors (Lipinski definition) is 0. The summed E-state index contributed by atoms with van der Waals surface area (Å²) >= 11 is 0. The molecule has 0 aliphatic rings. The molecular formula is C97H94N5+5. The SMILES string of the molecule is Cc1cc(-c2ccccc2)ccc1-c1cccc[n+]1C.Cc1cc(-c2ccccc2C)[n+](C)cc1-c1ccccc1.Cc1cc(-c2ccccc2C)[n+](C)cc1-c1ccccc1.Cc1ccc(-c2ccccc2)cc1-c1cccc[n+]1C.Cc1ccccc1-c1cc(-c2ccccc2)cc[n+]1C. The molecule has 0 aliphatic carbocycles. The third-order valence-corrected chi connectivity index (χ3v) is 19.0. The zero-order chi connectivity index (χ0) is 71.5. The van der Waals surface area contributed by atoms with Crippen LogP contribution < -0.4 is 22.8 Å². The van der Waals surface area contributed by atoms with Crippen LogP contribution in [0.1, 0.15) is 38.9 Å². The zero-order valence-electron chi connectivity index (χ0n) is 61.2. The van der Waals surface area contributed by atoms with Gasteiger partial charge in [0.05, 0.1) is 0 Å². The largest absolute Gasteiger partial charge is 0.213 e. The molecule has 0 amide bonds.